The molecule has 0 fully saturated rings. The van der Waals surface area contributed by atoms with Crippen LogP contribution in [0.1, 0.15) is 15.9 Å². The molecule has 0 saturated heterocycles. The summed E-state index contributed by atoms with van der Waals surface area (Å²) < 4.78 is 0. The van der Waals surface area contributed by atoms with Gasteiger partial charge in [-0.3, -0.25) is 25.0 Å². The van der Waals surface area contributed by atoms with Gasteiger partial charge in [-0.2, -0.15) is 5.10 Å². The average Bonchev–Trinajstić information content (AvgIpc) is 2.57. The Bertz CT molecular complexity index is 882. The molecule has 0 spiro atoms. The van der Waals surface area contributed by atoms with Gasteiger partial charge in [0.2, 0.25) is 5.75 Å². The lowest BCUT2D eigenvalue weighted by Gasteiger charge is -2.02. The highest BCUT2D eigenvalue weighted by atomic mass is 35.5. The molecular formula is C14H9ClN4O6. The number of rotatable bonds is 5. The molecule has 0 saturated carbocycles. The van der Waals surface area contributed by atoms with Gasteiger partial charge in [-0.1, -0.05) is 11.6 Å². The molecule has 2 N–H and O–H groups in total. The second-order valence-electron chi connectivity index (χ2n) is 4.62. The van der Waals surface area contributed by atoms with Gasteiger partial charge in [0.25, 0.3) is 11.6 Å². The monoisotopic (exact) mass is 364 g/mol. The molecule has 0 bridgehead atoms. The highest BCUT2D eigenvalue weighted by Gasteiger charge is 2.17. The third-order valence-electron chi connectivity index (χ3n) is 2.99. The minimum atomic E-state index is -0.811. The smallest absolute Gasteiger partial charge is 0.312 e. The summed E-state index contributed by atoms with van der Waals surface area (Å²) in [5.41, 5.74) is 1.41. The van der Waals surface area contributed by atoms with Crippen molar-refractivity contribution in [3.63, 3.8) is 0 Å². The first kappa shape index (κ1) is 17.8. The normalized spacial score (nSPS) is 10.6. The molecule has 0 unspecified atom stereocenters. The minimum Gasteiger partial charge on any atom is -0.502 e. The number of hydrogen-bond acceptors (Lipinski definition) is 7. The topological polar surface area (TPSA) is 148 Å². The lowest BCUT2D eigenvalue weighted by molar-refractivity contribution is -0.385. The van der Waals surface area contributed by atoms with E-state index in [9.17, 15) is 30.1 Å². The molecule has 0 aliphatic heterocycles. The van der Waals surface area contributed by atoms with Gasteiger partial charge in [-0.15, -0.1) is 0 Å². The quantitative estimate of drug-likeness (QED) is 0.473. The Morgan fingerprint density at radius 3 is 2.36 bits per heavy atom. The van der Waals surface area contributed by atoms with Crippen molar-refractivity contribution in [1.29, 1.82) is 0 Å². The molecule has 0 atom stereocenters. The maximum absolute atomic E-state index is 11.9. The fraction of sp³-hybridized carbons (Fsp3) is 0. The largest absolute Gasteiger partial charge is 0.502 e. The number of hydrogen-bond donors (Lipinski definition) is 2. The third-order valence-corrected chi connectivity index (χ3v) is 3.21. The lowest BCUT2D eigenvalue weighted by Crippen LogP contribution is -2.17. The van der Waals surface area contributed by atoms with Crippen LogP contribution in [0.25, 0.3) is 0 Å². The van der Waals surface area contributed by atoms with Crippen LogP contribution in [0.2, 0.25) is 5.02 Å². The molecule has 11 heteroatoms. The summed E-state index contributed by atoms with van der Waals surface area (Å²) in [6.07, 6.45) is 0.984. The van der Waals surface area contributed by atoms with Crippen LogP contribution in [0, 0.1) is 20.2 Å². The molecule has 2 aromatic rings. The molecule has 2 aromatic carbocycles. The Labute approximate surface area is 144 Å². The zero-order valence-corrected chi connectivity index (χ0v) is 13.0. The van der Waals surface area contributed by atoms with Gasteiger partial charge in [-0.25, -0.2) is 5.43 Å². The lowest BCUT2D eigenvalue weighted by atomic mass is 10.2. The number of carbonyl (C=O) groups excluding carboxylic acids is 1. The first-order chi connectivity index (χ1) is 11.8. The highest BCUT2D eigenvalue weighted by molar-refractivity contribution is 6.31. The summed E-state index contributed by atoms with van der Waals surface area (Å²) >= 11 is 5.72. The van der Waals surface area contributed by atoms with E-state index in [1.54, 1.807) is 0 Å². The van der Waals surface area contributed by atoms with Crippen LogP contribution in [-0.2, 0) is 0 Å². The molecule has 0 radical (unpaired) electrons. The van der Waals surface area contributed by atoms with Crippen molar-refractivity contribution in [2.24, 2.45) is 5.10 Å². The summed E-state index contributed by atoms with van der Waals surface area (Å²) in [6, 6.07) is 7.00. The van der Waals surface area contributed by atoms with E-state index in [4.69, 9.17) is 11.6 Å². The van der Waals surface area contributed by atoms with Gasteiger partial charge in [-0.05, 0) is 18.2 Å². The van der Waals surface area contributed by atoms with Gasteiger partial charge < -0.3 is 5.11 Å². The number of non-ortho nitro benzene ring substituents is 1. The number of phenolic OH excluding ortho intramolecular Hbond substituents is 1. The number of aromatic hydroxyl groups is 1. The third kappa shape index (κ3) is 4.26. The number of halogens is 1. The van der Waals surface area contributed by atoms with E-state index in [0.717, 1.165) is 24.4 Å². The van der Waals surface area contributed by atoms with E-state index in [-0.39, 0.29) is 21.8 Å². The Kier molecular flexibility index (Phi) is 5.25. The number of nitrogens with one attached hydrogen (secondary N) is 1. The first-order valence-electron chi connectivity index (χ1n) is 6.54. The van der Waals surface area contributed by atoms with E-state index in [1.807, 2.05) is 0 Å². The van der Waals surface area contributed by atoms with Gasteiger partial charge in [0.05, 0.1) is 16.1 Å². The van der Waals surface area contributed by atoms with Gasteiger partial charge in [0.15, 0.2) is 0 Å². The van der Waals surface area contributed by atoms with Crippen LogP contribution >= 0.6 is 11.6 Å². The Hall–Kier alpha value is -3.53. The van der Waals surface area contributed by atoms with Gasteiger partial charge >= 0.3 is 5.69 Å². The van der Waals surface area contributed by atoms with Crippen LogP contribution < -0.4 is 5.43 Å². The Morgan fingerprint density at radius 2 is 1.80 bits per heavy atom. The zero-order chi connectivity index (χ0) is 18.6. The molecule has 0 heterocycles. The minimum absolute atomic E-state index is 0.00708. The number of phenols is 1. The molecule has 10 nitrogen and oxygen atoms in total. The van der Waals surface area contributed by atoms with Crippen molar-refractivity contribution in [2.75, 3.05) is 0 Å². The predicted octanol–water partition coefficient (Wildman–Crippen LogP) is 2.63. The molecular weight excluding hydrogens is 356 g/mol. The van der Waals surface area contributed by atoms with Crippen molar-refractivity contribution < 1.29 is 19.7 Å². The Morgan fingerprint density at radius 1 is 1.16 bits per heavy atom. The predicted molar refractivity (Wildman–Crippen MR) is 87.9 cm³/mol. The summed E-state index contributed by atoms with van der Waals surface area (Å²) in [5.74, 6) is -1.31. The SMILES string of the molecule is O=C(NN=Cc1cc(Cl)cc([N+](=O)[O-])c1O)c1ccc([N+](=O)[O-])cc1. The van der Waals surface area contributed by atoms with Crippen molar-refractivity contribution in [3.8, 4) is 5.75 Å². The highest BCUT2D eigenvalue weighted by Crippen LogP contribution is 2.32. The van der Waals surface area contributed by atoms with E-state index in [2.05, 4.69) is 10.5 Å². The fourth-order valence-corrected chi connectivity index (χ4v) is 2.02. The molecule has 1 amide bonds. The molecule has 128 valence electrons. The van der Waals surface area contributed by atoms with Crippen LogP contribution in [0.3, 0.4) is 0 Å². The van der Waals surface area contributed by atoms with Crippen molar-refractivity contribution in [3.05, 3.63) is 72.8 Å². The summed E-state index contributed by atoms with van der Waals surface area (Å²) in [6.45, 7) is 0. The van der Waals surface area contributed by atoms with E-state index >= 15 is 0 Å². The summed E-state index contributed by atoms with van der Waals surface area (Å²) in [7, 11) is 0. The molecule has 25 heavy (non-hydrogen) atoms. The van der Waals surface area contributed by atoms with Crippen LogP contribution in [0.4, 0.5) is 11.4 Å². The van der Waals surface area contributed by atoms with Crippen molar-refractivity contribution in [2.45, 2.75) is 0 Å². The maximum Gasteiger partial charge on any atom is 0.312 e. The van der Waals surface area contributed by atoms with Crippen LogP contribution in [-0.4, -0.2) is 27.1 Å². The first-order valence-corrected chi connectivity index (χ1v) is 6.92. The summed E-state index contributed by atoms with van der Waals surface area (Å²) in [4.78, 5) is 31.8. The van der Waals surface area contributed by atoms with E-state index in [1.165, 1.54) is 18.2 Å². The van der Waals surface area contributed by atoms with E-state index in [0.29, 0.717) is 0 Å². The molecule has 2 rings (SSSR count). The zero-order valence-electron chi connectivity index (χ0n) is 12.2. The number of carbonyl (C=O) groups is 1. The number of benzene rings is 2. The molecule has 0 aliphatic carbocycles. The number of amides is 1. The summed E-state index contributed by atoms with van der Waals surface area (Å²) in [5, 5.41) is 34.7. The number of hydrazone groups is 1. The van der Waals surface area contributed by atoms with Crippen LogP contribution in [0.15, 0.2) is 41.5 Å². The second-order valence-corrected chi connectivity index (χ2v) is 5.06. The van der Waals surface area contributed by atoms with Crippen LogP contribution in [0.5, 0.6) is 5.75 Å². The van der Waals surface area contributed by atoms with E-state index < -0.39 is 27.2 Å². The number of nitro groups is 2. The fourth-order valence-electron chi connectivity index (χ4n) is 1.80. The second kappa shape index (κ2) is 7.36. The standard InChI is InChI=1S/C14H9ClN4O6/c15-10-5-9(13(20)12(6-10)19(24)25)7-16-17-14(21)8-1-3-11(4-2-8)18(22)23/h1-7,20H,(H,17,21). The van der Waals surface area contributed by atoms with Crippen molar-refractivity contribution >= 4 is 35.1 Å². The van der Waals surface area contributed by atoms with Crippen molar-refractivity contribution in [1.82, 2.24) is 5.43 Å². The number of nitro benzene ring substituents is 2. The van der Waals surface area contributed by atoms with Gasteiger partial charge in [0, 0.05) is 34.3 Å². The maximum atomic E-state index is 11.9. The van der Waals surface area contributed by atoms with Gasteiger partial charge in [0.1, 0.15) is 0 Å². The molecule has 0 aliphatic rings. The molecule has 0 aromatic heterocycles. The Balaban J connectivity index is 2.14. The average molecular weight is 365 g/mol. The number of nitrogens with zero attached hydrogens (tertiary/aromatic N) is 3.